The Morgan fingerprint density at radius 2 is 2.45 bits per heavy atom. The van der Waals surface area contributed by atoms with Crippen molar-refractivity contribution in [3.05, 3.63) is 18.2 Å². The van der Waals surface area contributed by atoms with E-state index in [1.807, 2.05) is 12.4 Å². The predicted molar refractivity (Wildman–Crippen MR) is 76.1 cm³/mol. The molecule has 0 radical (unpaired) electrons. The monoisotopic (exact) mass is 294 g/mol. The summed E-state index contributed by atoms with van der Waals surface area (Å²) in [6, 6.07) is 0. The second-order valence-corrected chi connectivity index (χ2v) is 6.22. The zero-order valence-electron chi connectivity index (χ0n) is 11.2. The van der Waals surface area contributed by atoms with Crippen LogP contribution in [0.1, 0.15) is 12.2 Å². The van der Waals surface area contributed by atoms with Crippen molar-refractivity contribution in [1.82, 2.24) is 19.8 Å². The van der Waals surface area contributed by atoms with Gasteiger partial charge in [0.25, 0.3) is 0 Å². The summed E-state index contributed by atoms with van der Waals surface area (Å²) in [4.78, 5) is 29.2. The van der Waals surface area contributed by atoms with Crippen LogP contribution in [0, 0.1) is 5.92 Å². The number of hydrogen-bond donors (Lipinski definition) is 1. The maximum Gasteiger partial charge on any atom is 0.239 e. The van der Waals surface area contributed by atoms with Crippen molar-refractivity contribution in [2.75, 3.05) is 24.7 Å². The first kappa shape index (κ1) is 13.5. The van der Waals surface area contributed by atoms with Crippen LogP contribution < -0.4 is 5.32 Å². The van der Waals surface area contributed by atoms with E-state index in [9.17, 15) is 9.59 Å². The summed E-state index contributed by atoms with van der Waals surface area (Å²) < 4.78 is 2.17. The van der Waals surface area contributed by atoms with E-state index in [4.69, 9.17) is 0 Å². The van der Waals surface area contributed by atoms with Gasteiger partial charge in [0, 0.05) is 31.9 Å². The highest BCUT2D eigenvalue weighted by molar-refractivity contribution is 8.00. The number of amides is 2. The van der Waals surface area contributed by atoms with E-state index in [1.54, 1.807) is 16.7 Å². The maximum atomic E-state index is 11.8. The second kappa shape index (κ2) is 5.87. The minimum atomic E-state index is -0.0604. The third-order valence-corrected chi connectivity index (χ3v) is 4.74. The lowest BCUT2D eigenvalue weighted by molar-refractivity contribution is -0.132. The van der Waals surface area contributed by atoms with Crippen LogP contribution in [-0.4, -0.2) is 51.0 Å². The number of aryl methyl sites for hydroxylation is 1. The van der Waals surface area contributed by atoms with Crippen LogP contribution in [-0.2, 0) is 22.6 Å². The van der Waals surface area contributed by atoms with E-state index in [0.717, 1.165) is 25.2 Å². The van der Waals surface area contributed by atoms with Crippen LogP contribution in [0.25, 0.3) is 0 Å². The quantitative estimate of drug-likeness (QED) is 0.855. The van der Waals surface area contributed by atoms with E-state index in [2.05, 4.69) is 14.9 Å². The first-order chi connectivity index (χ1) is 9.72. The molecule has 1 aromatic rings. The Kier molecular flexibility index (Phi) is 3.95. The lowest BCUT2D eigenvalue weighted by Gasteiger charge is -2.24. The largest absolute Gasteiger partial charge is 0.354 e. The molecule has 1 N–H and O–H groups in total. The van der Waals surface area contributed by atoms with E-state index >= 15 is 0 Å². The molecule has 1 fully saturated rings. The van der Waals surface area contributed by atoms with Gasteiger partial charge in [-0.15, -0.1) is 11.8 Å². The molecule has 0 bridgehead atoms. The lowest BCUT2D eigenvalue weighted by Crippen LogP contribution is -2.40. The molecule has 7 heteroatoms. The number of carbonyl (C=O) groups is 2. The molecule has 0 saturated carbocycles. The second-order valence-electron chi connectivity index (χ2n) is 5.27. The average molecular weight is 294 g/mol. The van der Waals surface area contributed by atoms with Gasteiger partial charge in [-0.1, -0.05) is 0 Å². The molecule has 108 valence electrons. The van der Waals surface area contributed by atoms with Gasteiger partial charge in [0.1, 0.15) is 12.4 Å². The summed E-state index contributed by atoms with van der Waals surface area (Å²) in [5, 5.41) is 2.94. The highest BCUT2D eigenvalue weighted by Gasteiger charge is 2.24. The molecule has 2 aliphatic rings. The maximum absolute atomic E-state index is 11.8. The summed E-state index contributed by atoms with van der Waals surface area (Å²) in [6.45, 7) is 1.82. The molecule has 20 heavy (non-hydrogen) atoms. The summed E-state index contributed by atoms with van der Waals surface area (Å²) in [5.41, 5.74) is 0. The smallest absolute Gasteiger partial charge is 0.239 e. The Hall–Kier alpha value is -1.50. The van der Waals surface area contributed by atoms with E-state index in [0.29, 0.717) is 24.1 Å². The fourth-order valence-electron chi connectivity index (χ4n) is 2.62. The third kappa shape index (κ3) is 2.98. The number of thioether (sulfide) groups is 1. The van der Waals surface area contributed by atoms with Crippen molar-refractivity contribution in [2.24, 2.45) is 5.92 Å². The SMILES string of the molecule is O=C(CN1CSCC1=O)NCC1CCn2ccnc2C1. The number of rotatable bonds is 4. The van der Waals surface area contributed by atoms with Gasteiger partial charge in [0.05, 0.1) is 11.6 Å². The molecule has 3 heterocycles. The van der Waals surface area contributed by atoms with Crippen LogP contribution in [0.3, 0.4) is 0 Å². The summed E-state index contributed by atoms with van der Waals surface area (Å²) in [5.74, 6) is 2.67. The fraction of sp³-hybridized carbons (Fsp3) is 0.615. The minimum absolute atomic E-state index is 0.0600. The van der Waals surface area contributed by atoms with Crippen molar-refractivity contribution in [1.29, 1.82) is 0 Å². The van der Waals surface area contributed by atoms with Gasteiger partial charge in [-0.05, 0) is 12.3 Å². The number of nitrogens with zero attached hydrogens (tertiary/aromatic N) is 3. The highest BCUT2D eigenvalue weighted by Crippen LogP contribution is 2.18. The summed E-state index contributed by atoms with van der Waals surface area (Å²) >= 11 is 1.56. The van der Waals surface area contributed by atoms with Gasteiger partial charge < -0.3 is 14.8 Å². The van der Waals surface area contributed by atoms with Gasteiger partial charge >= 0.3 is 0 Å². The van der Waals surface area contributed by atoms with Gasteiger partial charge in [0.2, 0.25) is 11.8 Å². The number of nitrogens with one attached hydrogen (secondary N) is 1. The Bertz CT molecular complexity index is 516. The molecule has 0 spiro atoms. The van der Waals surface area contributed by atoms with Crippen molar-refractivity contribution >= 4 is 23.6 Å². The first-order valence-corrected chi connectivity index (χ1v) is 8.00. The lowest BCUT2D eigenvalue weighted by atomic mass is 9.98. The van der Waals surface area contributed by atoms with Crippen molar-refractivity contribution in [2.45, 2.75) is 19.4 Å². The zero-order chi connectivity index (χ0) is 13.9. The van der Waals surface area contributed by atoms with Gasteiger partial charge in [-0.3, -0.25) is 9.59 Å². The number of fused-ring (bicyclic) bond motifs is 1. The predicted octanol–water partition coefficient (Wildman–Crippen LogP) is 0.0946. The van der Waals surface area contributed by atoms with Crippen molar-refractivity contribution in [3.63, 3.8) is 0 Å². The van der Waals surface area contributed by atoms with Crippen LogP contribution in [0.15, 0.2) is 12.4 Å². The summed E-state index contributed by atoms with van der Waals surface area (Å²) in [7, 11) is 0. The molecule has 1 unspecified atom stereocenters. The van der Waals surface area contributed by atoms with Gasteiger partial charge in [-0.2, -0.15) is 0 Å². The van der Waals surface area contributed by atoms with E-state index in [-0.39, 0.29) is 18.4 Å². The Labute approximate surface area is 121 Å². The fourth-order valence-corrected chi connectivity index (χ4v) is 3.52. The molecule has 6 nitrogen and oxygen atoms in total. The number of hydrogen-bond acceptors (Lipinski definition) is 4. The van der Waals surface area contributed by atoms with Gasteiger partial charge in [-0.25, -0.2) is 4.98 Å². The molecule has 2 aliphatic heterocycles. The molecule has 0 aliphatic carbocycles. The molecule has 2 amide bonds. The normalized spacial score (nSPS) is 21.9. The number of carbonyl (C=O) groups excluding carboxylic acids is 2. The Balaban J connectivity index is 1.43. The molecular weight excluding hydrogens is 276 g/mol. The highest BCUT2D eigenvalue weighted by atomic mass is 32.2. The molecule has 1 atom stereocenters. The number of imidazole rings is 1. The van der Waals surface area contributed by atoms with Crippen molar-refractivity contribution in [3.8, 4) is 0 Å². The molecule has 0 aromatic carbocycles. The summed E-state index contributed by atoms with van der Waals surface area (Å²) in [6.07, 6.45) is 5.79. The standard InChI is InChI=1S/C13H18N4O2S/c18-12(7-17-9-20-8-13(17)19)15-6-10-1-3-16-4-2-14-11(16)5-10/h2,4,10H,1,3,5-9H2,(H,15,18). The van der Waals surface area contributed by atoms with Crippen LogP contribution in [0.5, 0.6) is 0 Å². The first-order valence-electron chi connectivity index (χ1n) is 6.84. The molecular formula is C13H18N4O2S. The molecule has 3 rings (SSSR count). The minimum Gasteiger partial charge on any atom is -0.354 e. The zero-order valence-corrected chi connectivity index (χ0v) is 12.1. The van der Waals surface area contributed by atoms with Crippen molar-refractivity contribution < 1.29 is 9.59 Å². The van der Waals surface area contributed by atoms with Gasteiger partial charge in [0.15, 0.2) is 0 Å². The molecule has 1 aromatic heterocycles. The number of aromatic nitrogens is 2. The van der Waals surface area contributed by atoms with E-state index in [1.165, 1.54) is 0 Å². The molecule has 1 saturated heterocycles. The van der Waals surface area contributed by atoms with E-state index < -0.39 is 0 Å². The van der Waals surface area contributed by atoms with Crippen LogP contribution in [0.4, 0.5) is 0 Å². The Morgan fingerprint density at radius 1 is 1.55 bits per heavy atom. The Morgan fingerprint density at radius 3 is 3.25 bits per heavy atom. The topological polar surface area (TPSA) is 67.2 Å². The third-order valence-electron chi connectivity index (χ3n) is 3.80. The van der Waals surface area contributed by atoms with Crippen LogP contribution in [0.2, 0.25) is 0 Å². The average Bonchev–Trinajstić information content (AvgIpc) is 3.05. The van der Waals surface area contributed by atoms with Crippen LogP contribution >= 0.6 is 11.8 Å².